The molecule has 2 amide bonds. The average Bonchev–Trinajstić information content (AvgIpc) is 2.65. The fourth-order valence-electron chi connectivity index (χ4n) is 3.19. The lowest BCUT2D eigenvalue weighted by atomic mass is 9.91. The third-order valence-corrected chi connectivity index (χ3v) is 4.52. The van der Waals surface area contributed by atoms with E-state index in [0.29, 0.717) is 18.7 Å². The van der Waals surface area contributed by atoms with Gasteiger partial charge in [0.2, 0.25) is 11.8 Å². The highest BCUT2D eigenvalue weighted by molar-refractivity contribution is 5.92. The Morgan fingerprint density at radius 3 is 2.73 bits per heavy atom. The van der Waals surface area contributed by atoms with Gasteiger partial charge in [-0.25, -0.2) is 4.39 Å². The molecule has 0 aliphatic carbocycles. The number of nitrogens with zero attached hydrogens (tertiary/aromatic N) is 1. The molecular weight excluding hydrogens is 335 g/mol. The number of nitrogens with one attached hydrogen (secondary N) is 1. The van der Waals surface area contributed by atoms with Crippen molar-refractivity contribution in [1.82, 2.24) is 10.2 Å². The average molecular weight is 356 g/mol. The number of ether oxygens (including phenoxy) is 1. The molecule has 6 heteroatoms. The summed E-state index contributed by atoms with van der Waals surface area (Å²) in [5.41, 5.74) is 2.05. The molecule has 0 bridgehead atoms. The molecule has 0 spiro atoms. The van der Waals surface area contributed by atoms with Crippen LogP contribution in [-0.2, 0) is 27.3 Å². The van der Waals surface area contributed by atoms with Gasteiger partial charge >= 0.3 is 0 Å². The maximum atomic E-state index is 13.8. The van der Waals surface area contributed by atoms with Crippen LogP contribution in [0.15, 0.2) is 48.5 Å². The first-order chi connectivity index (χ1) is 12.6. The molecule has 1 unspecified atom stereocenters. The normalized spacial score (nSPS) is 16.3. The summed E-state index contributed by atoms with van der Waals surface area (Å²) in [7, 11) is 1.55. The van der Waals surface area contributed by atoms with Crippen LogP contribution in [0.3, 0.4) is 0 Å². The van der Waals surface area contributed by atoms with Crippen molar-refractivity contribution in [3.8, 4) is 0 Å². The summed E-state index contributed by atoms with van der Waals surface area (Å²) in [6.07, 6.45) is 0.261. The van der Waals surface area contributed by atoms with E-state index in [1.807, 2.05) is 24.3 Å². The van der Waals surface area contributed by atoms with E-state index in [2.05, 4.69) is 5.32 Å². The second-order valence-electron chi connectivity index (χ2n) is 6.17. The Labute approximate surface area is 151 Å². The van der Waals surface area contributed by atoms with Crippen LogP contribution in [0.25, 0.3) is 0 Å². The van der Waals surface area contributed by atoms with Crippen molar-refractivity contribution in [2.45, 2.75) is 19.0 Å². The summed E-state index contributed by atoms with van der Waals surface area (Å²) in [5.74, 6) is -0.819. The number of carbonyl (C=O) groups is 2. The zero-order valence-electron chi connectivity index (χ0n) is 14.6. The largest absolute Gasteiger partial charge is 0.383 e. The van der Waals surface area contributed by atoms with Crippen molar-refractivity contribution in [2.75, 3.05) is 20.3 Å². The van der Waals surface area contributed by atoms with Gasteiger partial charge in [-0.15, -0.1) is 0 Å². The standard InChI is InChI=1S/C20H21FN2O3/c1-26-11-10-23-18(24)12-14-6-2-4-8-16(14)19(23)20(25)22-13-15-7-3-5-9-17(15)21/h2-9,19H,10-13H2,1H3,(H,22,25). The first-order valence-electron chi connectivity index (χ1n) is 8.49. The summed E-state index contributed by atoms with van der Waals surface area (Å²) >= 11 is 0. The van der Waals surface area contributed by atoms with Gasteiger partial charge in [0, 0.05) is 25.8 Å². The Bertz CT molecular complexity index is 809. The molecule has 1 atom stereocenters. The summed E-state index contributed by atoms with van der Waals surface area (Å²) in [4.78, 5) is 27.0. The van der Waals surface area contributed by atoms with Crippen molar-refractivity contribution >= 4 is 11.8 Å². The predicted octanol–water partition coefficient (Wildman–Crippen LogP) is 2.21. The second kappa shape index (κ2) is 8.10. The van der Waals surface area contributed by atoms with E-state index in [4.69, 9.17) is 4.74 Å². The molecule has 0 aromatic heterocycles. The Kier molecular flexibility index (Phi) is 5.63. The Balaban J connectivity index is 1.84. The zero-order valence-corrected chi connectivity index (χ0v) is 14.6. The summed E-state index contributed by atoms with van der Waals surface area (Å²) in [6.45, 7) is 0.725. The Hall–Kier alpha value is -2.73. The lowest BCUT2D eigenvalue weighted by Crippen LogP contribution is -2.48. The van der Waals surface area contributed by atoms with Gasteiger partial charge in [0.1, 0.15) is 11.9 Å². The van der Waals surface area contributed by atoms with Crippen LogP contribution in [0.1, 0.15) is 22.7 Å². The van der Waals surface area contributed by atoms with Gasteiger partial charge in [0.05, 0.1) is 13.0 Å². The SMILES string of the molecule is COCCN1C(=O)Cc2ccccc2C1C(=O)NCc1ccccc1F. The van der Waals surface area contributed by atoms with Gasteiger partial charge in [-0.2, -0.15) is 0 Å². The summed E-state index contributed by atoms with van der Waals surface area (Å²) in [5, 5.41) is 2.76. The molecule has 1 aliphatic heterocycles. The second-order valence-corrected chi connectivity index (χ2v) is 6.17. The van der Waals surface area contributed by atoms with Gasteiger partial charge in [0.25, 0.3) is 0 Å². The van der Waals surface area contributed by atoms with Gasteiger partial charge in [-0.1, -0.05) is 42.5 Å². The van der Waals surface area contributed by atoms with Crippen LogP contribution in [0.5, 0.6) is 0 Å². The maximum Gasteiger partial charge on any atom is 0.247 e. The monoisotopic (exact) mass is 356 g/mol. The van der Waals surface area contributed by atoms with Crippen LogP contribution < -0.4 is 5.32 Å². The van der Waals surface area contributed by atoms with Crippen molar-refractivity contribution < 1.29 is 18.7 Å². The minimum Gasteiger partial charge on any atom is -0.383 e. The number of methoxy groups -OCH3 is 1. The number of amides is 2. The third-order valence-electron chi connectivity index (χ3n) is 4.52. The van der Waals surface area contributed by atoms with Crippen LogP contribution in [-0.4, -0.2) is 37.0 Å². The Morgan fingerprint density at radius 1 is 1.23 bits per heavy atom. The molecule has 0 saturated carbocycles. The smallest absolute Gasteiger partial charge is 0.247 e. The van der Waals surface area contributed by atoms with E-state index < -0.39 is 6.04 Å². The number of rotatable bonds is 6. The highest BCUT2D eigenvalue weighted by Gasteiger charge is 2.36. The van der Waals surface area contributed by atoms with E-state index in [1.54, 1.807) is 25.3 Å². The summed E-state index contributed by atoms with van der Waals surface area (Å²) in [6, 6.07) is 13.0. The van der Waals surface area contributed by atoms with Gasteiger partial charge in [-0.05, 0) is 17.2 Å². The lowest BCUT2D eigenvalue weighted by molar-refractivity contribution is -0.142. The number of hydrogen-bond acceptors (Lipinski definition) is 3. The number of benzene rings is 2. The third kappa shape index (κ3) is 3.75. The molecule has 0 saturated heterocycles. The van der Waals surface area contributed by atoms with E-state index in [0.717, 1.165) is 11.1 Å². The first-order valence-corrected chi connectivity index (χ1v) is 8.49. The molecule has 0 fully saturated rings. The van der Waals surface area contributed by atoms with E-state index in [1.165, 1.54) is 11.0 Å². The molecule has 136 valence electrons. The van der Waals surface area contributed by atoms with Crippen molar-refractivity contribution in [1.29, 1.82) is 0 Å². The molecule has 1 heterocycles. The van der Waals surface area contributed by atoms with Gasteiger partial charge in [0.15, 0.2) is 0 Å². The number of hydrogen-bond donors (Lipinski definition) is 1. The van der Waals surface area contributed by atoms with E-state index in [9.17, 15) is 14.0 Å². The fourth-order valence-corrected chi connectivity index (χ4v) is 3.19. The van der Waals surface area contributed by atoms with Crippen molar-refractivity contribution in [2.24, 2.45) is 0 Å². The maximum absolute atomic E-state index is 13.8. The quantitative estimate of drug-likeness (QED) is 0.863. The highest BCUT2D eigenvalue weighted by Crippen LogP contribution is 2.30. The molecule has 1 aliphatic rings. The molecule has 3 rings (SSSR count). The number of carbonyl (C=O) groups excluding carboxylic acids is 2. The number of halogens is 1. The van der Waals surface area contributed by atoms with Crippen LogP contribution in [0.4, 0.5) is 4.39 Å². The fraction of sp³-hybridized carbons (Fsp3) is 0.300. The van der Waals surface area contributed by atoms with Crippen molar-refractivity contribution in [3.05, 3.63) is 71.0 Å². The molecule has 2 aromatic rings. The van der Waals surface area contributed by atoms with Gasteiger partial charge < -0.3 is 15.0 Å². The van der Waals surface area contributed by atoms with Crippen LogP contribution in [0.2, 0.25) is 0 Å². The molecule has 1 N–H and O–H groups in total. The molecule has 5 nitrogen and oxygen atoms in total. The van der Waals surface area contributed by atoms with Gasteiger partial charge in [-0.3, -0.25) is 9.59 Å². The predicted molar refractivity (Wildman–Crippen MR) is 94.7 cm³/mol. The lowest BCUT2D eigenvalue weighted by Gasteiger charge is -2.36. The molecular formula is C20H21FN2O3. The molecule has 26 heavy (non-hydrogen) atoms. The van der Waals surface area contributed by atoms with Crippen LogP contribution in [0, 0.1) is 5.82 Å². The van der Waals surface area contributed by atoms with E-state index >= 15 is 0 Å². The highest BCUT2D eigenvalue weighted by atomic mass is 19.1. The van der Waals surface area contributed by atoms with Crippen LogP contribution >= 0.6 is 0 Å². The Morgan fingerprint density at radius 2 is 1.96 bits per heavy atom. The minimum absolute atomic E-state index is 0.0660. The molecule has 2 aromatic carbocycles. The molecule has 0 radical (unpaired) electrons. The van der Waals surface area contributed by atoms with Crippen molar-refractivity contribution in [3.63, 3.8) is 0 Å². The topological polar surface area (TPSA) is 58.6 Å². The minimum atomic E-state index is -0.741. The summed E-state index contributed by atoms with van der Waals surface area (Å²) < 4.78 is 18.9. The zero-order chi connectivity index (χ0) is 18.5. The van der Waals surface area contributed by atoms with E-state index in [-0.39, 0.29) is 30.6 Å². The number of fused-ring (bicyclic) bond motifs is 1. The first kappa shape index (κ1) is 18.1.